The van der Waals surface area contributed by atoms with Crippen LogP contribution >= 0.6 is 0 Å². The molecular formula is C31H48O5. The third kappa shape index (κ3) is 2.99. The molecule has 6 rings (SSSR count). The first-order valence-electron chi connectivity index (χ1n) is 14.7. The number of hydrogen-bond acceptors (Lipinski definition) is 5. The highest BCUT2D eigenvalue weighted by Crippen LogP contribution is 2.89. The van der Waals surface area contributed by atoms with Crippen LogP contribution in [-0.4, -0.2) is 37.4 Å². The van der Waals surface area contributed by atoms with Gasteiger partial charge in [0.05, 0.1) is 25.7 Å². The van der Waals surface area contributed by atoms with Gasteiger partial charge in [0.1, 0.15) is 6.10 Å². The Bertz CT molecular complexity index is 959. The molecule has 36 heavy (non-hydrogen) atoms. The molecule has 1 aliphatic heterocycles. The summed E-state index contributed by atoms with van der Waals surface area (Å²) in [5.74, 6) is 2.27. The van der Waals surface area contributed by atoms with E-state index in [2.05, 4.69) is 34.6 Å². The van der Waals surface area contributed by atoms with Gasteiger partial charge in [-0.1, -0.05) is 34.6 Å². The maximum Gasteiger partial charge on any atom is 0.308 e. The molecule has 0 radical (unpaired) electrons. The second-order valence-electron chi connectivity index (χ2n) is 15.0. The first-order valence-corrected chi connectivity index (χ1v) is 14.7. The Hall–Kier alpha value is -1.10. The van der Waals surface area contributed by atoms with Crippen molar-refractivity contribution in [3.05, 3.63) is 0 Å². The van der Waals surface area contributed by atoms with E-state index in [4.69, 9.17) is 14.2 Å². The summed E-state index contributed by atoms with van der Waals surface area (Å²) in [6.07, 6.45) is 11.7. The van der Waals surface area contributed by atoms with Gasteiger partial charge in [-0.2, -0.15) is 0 Å². The van der Waals surface area contributed by atoms with E-state index in [1.165, 1.54) is 45.6 Å². The van der Waals surface area contributed by atoms with Crippen molar-refractivity contribution in [1.29, 1.82) is 0 Å². The highest BCUT2D eigenvalue weighted by Gasteiger charge is 2.83. The molecule has 11 atom stereocenters. The Morgan fingerprint density at radius 1 is 0.944 bits per heavy atom. The van der Waals surface area contributed by atoms with Crippen LogP contribution < -0.4 is 0 Å². The molecule has 5 aliphatic carbocycles. The summed E-state index contributed by atoms with van der Waals surface area (Å²) in [7, 11) is 1.48. The lowest BCUT2D eigenvalue weighted by Gasteiger charge is -2.63. The number of esters is 2. The molecule has 0 aromatic rings. The van der Waals surface area contributed by atoms with Crippen LogP contribution in [0.25, 0.3) is 0 Å². The Morgan fingerprint density at radius 2 is 1.64 bits per heavy atom. The minimum Gasteiger partial charge on any atom is -0.469 e. The van der Waals surface area contributed by atoms with E-state index < -0.39 is 0 Å². The molecule has 2 spiro atoms. The quantitative estimate of drug-likeness (QED) is 0.424. The van der Waals surface area contributed by atoms with E-state index >= 15 is 0 Å². The summed E-state index contributed by atoms with van der Waals surface area (Å²) in [4.78, 5) is 23.9. The molecule has 6 fully saturated rings. The predicted octanol–water partition coefficient (Wildman–Crippen LogP) is 6.32. The number of methoxy groups -OCH3 is 1. The van der Waals surface area contributed by atoms with Crippen molar-refractivity contribution < 1.29 is 23.8 Å². The lowest BCUT2D eigenvalue weighted by Crippen LogP contribution is -2.58. The molecule has 202 valence electrons. The Balaban J connectivity index is 1.29. The van der Waals surface area contributed by atoms with E-state index in [1.807, 2.05) is 0 Å². The molecule has 5 saturated carbocycles. The van der Waals surface area contributed by atoms with Crippen molar-refractivity contribution in [3.63, 3.8) is 0 Å². The molecule has 0 aromatic carbocycles. The van der Waals surface area contributed by atoms with Crippen molar-refractivity contribution in [1.82, 2.24) is 0 Å². The van der Waals surface area contributed by atoms with E-state index in [9.17, 15) is 9.59 Å². The van der Waals surface area contributed by atoms with Gasteiger partial charge in [-0.3, -0.25) is 9.59 Å². The van der Waals surface area contributed by atoms with Crippen LogP contribution in [0.1, 0.15) is 106 Å². The van der Waals surface area contributed by atoms with Gasteiger partial charge < -0.3 is 14.2 Å². The highest BCUT2D eigenvalue weighted by atomic mass is 16.5. The van der Waals surface area contributed by atoms with E-state index in [1.54, 1.807) is 6.92 Å². The Kier molecular flexibility index (Phi) is 5.41. The Labute approximate surface area is 217 Å². The summed E-state index contributed by atoms with van der Waals surface area (Å²) in [6, 6.07) is 0. The highest BCUT2D eigenvalue weighted by molar-refractivity contribution is 5.69. The number of rotatable bonds is 3. The fraction of sp³-hybridized carbons (Fsp3) is 0.935. The van der Waals surface area contributed by atoms with Gasteiger partial charge in [-0.15, -0.1) is 0 Å². The van der Waals surface area contributed by atoms with Crippen LogP contribution in [0.5, 0.6) is 0 Å². The van der Waals surface area contributed by atoms with E-state index in [0.717, 1.165) is 25.2 Å². The summed E-state index contributed by atoms with van der Waals surface area (Å²) < 4.78 is 17.6. The van der Waals surface area contributed by atoms with Crippen LogP contribution in [-0.2, 0) is 23.8 Å². The topological polar surface area (TPSA) is 61.8 Å². The fourth-order valence-electron chi connectivity index (χ4n) is 12.2. The molecule has 1 saturated heterocycles. The molecule has 0 N–H and O–H groups in total. The van der Waals surface area contributed by atoms with Gasteiger partial charge in [0, 0.05) is 12.3 Å². The third-order valence-electron chi connectivity index (χ3n) is 13.6. The third-order valence-corrected chi connectivity index (χ3v) is 13.6. The van der Waals surface area contributed by atoms with Crippen LogP contribution in [0.15, 0.2) is 0 Å². The number of carbonyl (C=O) groups is 2. The van der Waals surface area contributed by atoms with Crippen molar-refractivity contribution >= 4 is 11.9 Å². The number of fused-ring (bicyclic) bond motifs is 4. The molecule has 0 amide bonds. The first-order chi connectivity index (χ1) is 16.8. The van der Waals surface area contributed by atoms with Gasteiger partial charge in [0.2, 0.25) is 0 Å². The summed E-state index contributed by atoms with van der Waals surface area (Å²) in [5, 5.41) is 0. The van der Waals surface area contributed by atoms with Crippen LogP contribution in [0.3, 0.4) is 0 Å². The van der Waals surface area contributed by atoms with Gasteiger partial charge >= 0.3 is 11.9 Å². The van der Waals surface area contributed by atoms with Gasteiger partial charge in [-0.05, 0) is 103 Å². The number of ether oxygens (including phenoxy) is 3. The normalized spacial score (nSPS) is 54.1. The van der Waals surface area contributed by atoms with Gasteiger partial charge in [0.25, 0.3) is 0 Å². The largest absolute Gasteiger partial charge is 0.469 e. The molecule has 0 bridgehead atoms. The zero-order valence-corrected chi connectivity index (χ0v) is 23.7. The molecular weight excluding hydrogens is 452 g/mol. The fourth-order valence-corrected chi connectivity index (χ4v) is 12.2. The second-order valence-corrected chi connectivity index (χ2v) is 15.0. The predicted molar refractivity (Wildman–Crippen MR) is 137 cm³/mol. The molecule has 6 aliphatic rings. The van der Waals surface area contributed by atoms with Crippen molar-refractivity contribution in [2.75, 3.05) is 7.11 Å². The average Bonchev–Trinajstić information content (AvgIpc) is 3.39. The maximum atomic E-state index is 12.0. The summed E-state index contributed by atoms with van der Waals surface area (Å²) in [5.41, 5.74) is 1.52. The summed E-state index contributed by atoms with van der Waals surface area (Å²) >= 11 is 0. The Morgan fingerprint density at radius 3 is 2.33 bits per heavy atom. The minimum absolute atomic E-state index is 0.00429. The monoisotopic (exact) mass is 500 g/mol. The molecule has 1 heterocycles. The zero-order valence-electron chi connectivity index (χ0n) is 23.7. The second kappa shape index (κ2) is 7.73. The van der Waals surface area contributed by atoms with Crippen molar-refractivity contribution in [2.45, 2.75) is 124 Å². The maximum absolute atomic E-state index is 12.0. The van der Waals surface area contributed by atoms with Crippen LogP contribution in [0, 0.1) is 50.7 Å². The molecule has 5 heteroatoms. The lowest BCUT2D eigenvalue weighted by atomic mass is 9.41. The van der Waals surface area contributed by atoms with Crippen LogP contribution in [0.4, 0.5) is 0 Å². The average molecular weight is 501 g/mol. The lowest BCUT2D eigenvalue weighted by molar-refractivity contribution is -0.183. The summed E-state index contributed by atoms with van der Waals surface area (Å²) in [6.45, 7) is 14.0. The SMILES string of the molecule is COC(=O)CC1C[C@@H](C)[C@H]2[C@H](C[C@@]3(C)C4CC[C@H]5C(C)(C)[C@@H](OC(C)=O)CCC56C[C@@]46CCC23C)O1. The number of hydrogen-bond donors (Lipinski definition) is 0. The smallest absolute Gasteiger partial charge is 0.308 e. The van der Waals surface area contributed by atoms with Crippen LogP contribution in [0.2, 0.25) is 0 Å². The molecule has 5 nitrogen and oxygen atoms in total. The molecule has 4 unspecified atom stereocenters. The van der Waals surface area contributed by atoms with E-state index in [-0.39, 0.29) is 41.1 Å². The van der Waals surface area contributed by atoms with Gasteiger partial charge in [-0.25, -0.2) is 0 Å². The van der Waals surface area contributed by atoms with Gasteiger partial charge in [0.15, 0.2) is 0 Å². The first kappa shape index (κ1) is 25.2. The van der Waals surface area contributed by atoms with E-state index in [0.29, 0.717) is 40.4 Å². The number of carbonyl (C=O) groups excluding carboxylic acids is 2. The van der Waals surface area contributed by atoms with Crippen molar-refractivity contribution in [2.24, 2.45) is 50.7 Å². The molecule has 0 aromatic heterocycles. The minimum atomic E-state index is -0.150. The zero-order chi connectivity index (χ0) is 25.9. The van der Waals surface area contributed by atoms with Crippen molar-refractivity contribution in [3.8, 4) is 0 Å². The standard InChI is InChI=1S/C31H48O5/c1-18-14-20(15-25(33)34-7)36-21-16-29(6)23-9-8-22-27(3,4)24(35-19(2)32)10-11-30(22)17-31(23,30)13-12-28(29,5)26(18)21/h18,20-24,26H,8-17H2,1-7H3/t18-,20?,21+,22+,23?,24+,26+,28?,29+,30?,31+/m1/s1.